The van der Waals surface area contributed by atoms with E-state index in [9.17, 15) is 9.90 Å². The van der Waals surface area contributed by atoms with Crippen molar-refractivity contribution in [2.75, 3.05) is 13.1 Å². The SMILES string of the molecule is Cc1ccc(Br)c(C(=O)N2CCC[C@H](O)C2)c1. The van der Waals surface area contributed by atoms with E-state index in [-0.39, 0.29) is 12.0 Å². The van der Waals surface area contributed by atoms with Crippen molar-refractivity contribution in [1.29, 1.82) is 0 Å². The van der Waals surface area contributed by atoms with Gasteiger partial charge in [0, 0.05) is 17.6 Å². The predicted octanol–water partition coefficient (Wildman–Crippen LogP) is 2.35. The quantitative estimate of drug-likeness (QED) is 0.864. The van der Waals surface area contributed by atoms with Crippen LogP contribution in [0.2, 0.25) is 0 Å². The summed E-state index contributed by atoms with van der Waals surface area (Å²) < 4.78 is 0.813. The number of carbonyl (C=O) groups excluding carboxylic acids is 1. The standard InChI is InChI=1S/C13H16BrNO2/c1-9-4-5-12(14)11(7-9)13(17)15-6-2-3-10(16)8-15/h4-5,7,10,16H,2-3,6,8H2,1H3/t10-/m0/s1. The molecule has 0 bridgehead atoms. The molecule has 4 heteroatoms. The molecule has 0 unspecified atom stereocenters. The highest BCUT2D eigenvalue weighted by molar-refractivity contribution is 9.10. The van der Waals surface area contributed by atoms with Crippen molar-refractivity contribution in [2.24, 2.45) is 0 Å². The maximum absolute atomic E-state index is 12.3. The summed E-state index contributed by atoms with van der Waals surface area (Å²) in [6.07, 6.45) is 1.28. The van der Waals surface area contributed by atoms with Gasteiger partial charge in [0.2, 0.25) is 0 Å². The van der Waals surface area contributed by atoms with Crippen LogP contribution in [0.25, 0.3) is 0 Å². The van der Waals surface area contributed by atoms with Gasteiger partial charge in [-0.2, -0.15) is 0 Å². The third-order valence-electron chi connectivity index (χ3n) is 3.04. The summed E-state index contributed by atoms with van der Waals surface area (Å²) >= 11 is 3.40. The van der Waals surface area contributed by atoms with Gasteiger partial charge in [0.25, 0.3) is 5.91 Å². The minimum Gasteiger partial charge on any atom is -0.391 e. The average Bonchev–Trinajstić information content (AvgIpc) is 2.31. The van der Waals surface area contributed by atoms with Crippen LogP contribution in [0, 0.1) is 6.92 Å². The second kappa shape index (κ2) is 5.19. The van der Waals surface area contributed by atoms with E-state index < -0.39 is 0 Å². The fourth-order valence-corrected chi connectivity index (χ4v) is 2.53. The molecule has 0 spiro atoms. The number of nitrogens with zero attached hydrogens (tertiary/aromatic N) is 1. The zero-order valence-electron chi connectivity index (χ0n) is 9.82. The first-order chi connectivity index (χ1) is 8.08. The highest BCUT2D eigenvalue weighted by Crippen LogP contribution is 2.21. The fourth-order valence-electron chi connectivity index (χ4n) is 2.11. The second-order valence-corrected chi connectivity index (χ2v) is 5.38. The molecule has 0 saturated carbocycles. The molecule has 1 aliphatic rings. The van der Waals surface area contributed by atoms with E-state index in [0.717, 1.165) is 29.4 Å². The molecule has 0 radical (unpaired) electrons. The summed E-state index contributed by atoms with van der Waals surface area (Å²) in [4.78, 5) is 14.0. The van der Waals surface area contributed by atoms with E-state index in [1.54, 1.807) is 4.90 Å². The molecule has 0 aliphatic carbocycles. The number of likely N-dealkylation sites (tertiary alicyclic amines) is 1. The minimum atomic E-state index is -0.378. The van der Waals surface area contributed by atoms with Gasteiger partial charge in [0.15, 0.2) is 0 Å². The number of halogens is 1. The Kier molecular flexibility index (Phi) is 3.84. The molecule has 1 atom stereocenters. The van der Waals surface area contributed by atoms with E-state index in [0.29, 0.717) is 12.1 Å². The Balaban J connectivity index is 2.21. The Morgan fingerprint density at radius 1 is 1.53 bits per heavy atom. The van der Waals surface area contributed by atoms with Crippen LogP contribution in [0.3, 0.4) is 0 Å². The zero-order chi connectivity index (χ0) is 12.4. The van der Waals surface area contributed by atoms with Crippen molar-refractivity contribution in [3.8, 4) is 0 Å². The predicted molar refractivity (Wildman–Crippen MR) is 70.0 cm³/mol. The van der Waals surface area contributed by atoms with Crippen molar-refractivity contribution in [1.82, 2.24) is 4.90 Å². The van der Waals surface area contributed by atoms with Crippen molar-refractivity contribution < 1.29 is 9.90 Å². The number of aryl methyl sites for hydroxylation is 1. The number of β-amino-alcohol motifs (C(OH)–C–C–N with tert-alkyl or cyclic N) is 1. The van der Waals surface area contributed by atoms with Crippen molar-refractivity contribution in [2.45, 2.75) is 25.9 Å². The molecular weight excluding hydrogens is 282 g/mol. The Bertz CT molecular complexity index is 433. The second-order valence-electron chi connectivity index (χ2n) is 4.53. The first-order valence-electron chi connectivity index (χ1n) is 5.81. The van der Waals surface area contributed by atoms with E-state index in [1.807, 2.05) is 25.1 Å². The summed E-state index contributed by atoms with van der Waals surface area (Å²) in [5.74, 6) is -0.000625. The van der Waals surface area contributed by atoms with Crippen LogP contribution in [0.15, 0.2) is 22.7 Å². The van der Waals surface area contributed by atoms with Crippen LogP contribution < -0.4 is 0 Å². The van der Waals surface area contributed by atoms with Crippen LogP contribution in [0.1, 0.15) is 28.8 Å². The van der Waals surface area contributed by atoms with Crippen molar-refractivity contribution in [3.63, 3.8) is 0 Å². The first-order valence-corrected chi connectivity index (χ1v) is 6.60. The normalized spacial score (nSPS) is 20.4. The molecular formula is C13H16BrNO2. The van der Waals surface area contributed by atoms with Gasteiger partial charge < -0.3 is 10.0 Å². The summed E-state index contributed by atoms with van der Waals surface area (Å²) in [5, 5.41) is 9.59. The van der Waals surface area contributed by atoms with Gasteiger partial charge in [0.05, 0.1) is 11.7 Å². The number of benzene rings is 1. The Hall–Kier alpha value is -0.870. The lowest BCUT2D eigenvalue weighted by atomic mass is 10.1. The zero-order valence-corrected chi connectivity index (χ0v) is 11.4. The molecule has 1 N–H and O–H groups in total. The smallest absolute Gasteiger partial charge is 0.255 e. The molecule has 1 aromatic rings. The molecule has 2 rings (SSSR count). The summed E-state index contributed by atoms with van der Waals surface area (Å²) in [7, 11) is 0. The van der Waals surface area contributed by atoms with E-state index in [1.165, 1.54) is 0 Å². The van der Waals surface area contributed by atoms with Gasteiger partial charge in [-0.1, -0.05) is 11.6 Å². The monoisotopic (exact) mass is 297 g/mol. The van der Waals surface area contributed by atoms with Crippen molar-refractivity contribution in [3.05, 3.63) is 33.8 Å². The number of hydrogen-bond donors (Lipinski definition) is 1. The van der Waals surface area contributed by atoms with Gasteiger partial charge in [-0.25, -0.2) is 0 Å². The Morgan fingerprint density at radius 3 is 3.00 bits per heavy atom. The number of carbonyl (C=O) groups is 1. The lowest BCUT2D eigenvalue weighted by molar-refractivity contribution is 0.0473. The average molecular weight is 298 g/mol. The molecule has 1 fully saturated rings. The number of hydrogen-bond acceptors (Lipinski definition) is 2. The fraction of sp³-hybridized carbons (Fsp3) is 0.462. The van der Waals surface area contributed by atoms with Gasteiger partial charge >= 0.3 is 0 Å². The molecule has 17 heavy (non-hydrogen) atoms. The number of piperidine rings is 1. The van der Waals surface area contributed by atoms with Gasteiger partial charge in [-0.05, 0) is 47.8 Å². The largest absolute Gasteiger partial charge is 0.391 e. The van der Waals surface area contributed by atoms with Crippen molar-refractivity contribution >= 4 is 21.8 Å². The molecule has 3 nitrogen and oxygen atoms in total. The maximum atomic E-state index is 12.3. The molecule has 92 valence electrons. The molecule has 1 amide bonds. The molecule has 1 saturated heterocycles. The molecule has 0 aromatic heterocycles. The lowest BCUT2D eigenvalue weighted by Crippen LogP contribution is -2.42. The number of amides is 1. The third kappa shape index (κ3) is 2.87. The van der Waals surface area contributed by atoms with Gasteiger partial charge in [-0.3, -0.25) is 4.79 Å². The Morgan fingerprint density at radius 2 is 2.29 bits per heavy atom. The number of rotatable bonds is 1. The van der Waals surface area contributed by atoms with Gasteiger partial charge in [-0.15, -0.1) is 0 Å². The summed E-state index contributed by atoms with van der Waals surface area (Å²) in [6.45, 7) is 3.14. The molecule has 1 aromatic carbocycles. The first kappa shape index (κ1) is 12.6. The molecule has 1 aliphatic heterocycles. The van der Waals surface area contributed by atoms with Crippen LogP contribution in [-0.2, 0) is 0 Å². The lowest BCUT2D eigenvalue weighted by Gasteiger charge is -2.30. The maximum Gasteiger partial charge on any atom is 0.255 e. The van der Waals surface area contributed by atoms with Crippen LogP contribution in [0.4, 0.5) is 0 Å². The van der Waals surface area contributed by atoms with Crippen LogP contribution in [-0.4, -0.2) is 35.1 Å². The van der Waals surface area contributed by atoms with E-state index >= 15 is 0 Å². The number of aliphatic hydroxyl groups excluding tert-OH is 1. The van der Waals surface area contributed by atoms with Gasteiger partial charge in [0.1, 0.15) is 0 Å². The van der Waals surface area contributed by atoms with Crippen LogP contribution in [0.5, 0.6) is 0 Å². The summed E-state index contributed by atoms with van der Waals surface area (Å²) in [6, 6.07) is 5.74. The minimum absolute atomic E-state index is 0.000625. The highest BCUT2D eigenvalue weighted by atomic mass is 79.9. The summed E-state index contributed by atoms with van der Waals surface area (Å²) in [5.41, 5.74) is 1.74. The molecule has 1 heterocycles. The third-order valence-corrected chi connectivity index (χ3v) is 3.73. The van der Waals surface area contributed by atoms with Crippen LogP contribution >= 0.6 is 15.9 Å². The van der Waals surface area contributed by atoms with E-state index in [2.05, 4.69) is 15.9 Å². The topological polar surface area (TPSA) is 40.5 Å². The Labute approximate surface area is 110 Å². The number of aliphatic hydroxyl groups is 1. The highest BCUT2D eigenvalue weighted by Gasteiger charge is 2.24. The van der Waals surface area contributed by atoms with E-state index in [4.69, 9.17) is 0 Å².